The number of nitrogens with zero attached hydrogens (tertiary/aromatic N) is 2. The van der Waals surface area contributed by atoms with Crippen LogP contribution < -0.4 is 0 Å². The van der Waals surface area contributed by atoms with E-state index in [4.69, 9.17) is 0 Å². The van der Waals surface area contributed by atoms with Crippen molar-refractivity contribution in [2.24, 2.45) is 0 Å². The van der Waals surface area contributed by atoms with Crippen molar-refractivity contribution in [3.8, 4) is 0 Å². The van der Waals surface area contributed by atoms with Gasteiger partial charge >= 0.3 is 0 Å². The molecule has 1 heterocycles. The average molecular weight is 393 g/mol. The van der Waals surface area contributed by atoms with E-state index in [0.717, 1.165) is 26.2 Å². The van der Waals surface area contributed by atoms with E-state index in [1.165, 1.54) is 33.4 Å². The van der Waals surface area contributed by atoms with Crippen molar-refractivity contribution in [2.45, 2.75) is 26.4 Å². The molecule has 2 aromatic carbocycles. The lowest BCUT2D eigenvalue weighted by Crippen LogP contribution is -2.46. The summed E-state index contributed by atoms with van der Waals surface area (Å²) in [7, 11) is 5.47. The normalized spacial score (nSPS) is 17.3. The van der Waals surface area contributed by atoms with Gasteiger partial charge in [0.2, 0.25) is 0 Å². The van der Waals surface area contributed by atoms with Gasteiger partial charge in [-0.05, 0) is 54.3 Å². The van der Waals surface area contributed by atoms with E-state index in [-0.39, 0.29) is 0 Å². The summed E-state index contributed by atoms with van der Waals surface area (Å²) in [5.74, 6) is 0. The van der Waals surface area contributed by atoms with E-state index in [9.17, 15) is 0 Å². The fourth-order valence-corrected chi connectivity index (χ4v) is 3.85. The number of rotatable bonds is 5. The van der Waals surface area contributed by atoms with Crippen LogP contribution in [0.5, 0.6) is 0 Å². The Kier molecular flexibility index (Phi) is 8.84. The second-order valence-corrected chi connectivity index (χ2v) is 7.81. The van der Waals surface area contributed by atoms with Gasteiger partial charge in [-0.25, -0.2) is 0 Å². The third-order valence-electron chi connectivity index (χ3n) is 5.70. The molecule has 1 fully saturated rings. The van der Waals surface area contributed by atoms with E-state index in [0.29, 0.717) is 6.04 Å². The van der Waals surface area contributed by atoms with Gasteiger partial charge in [0.25, 0.3) is 0 Å². The predicted octanol–water partition coefficient (Wildman–Crippen LogP) is 5.34. The first-order valence-electron chi connectivity index (χ1n) is 10.2. The molecule has 3 nitrogen and oxygen atoms in total. The average Bonchev–Trinajstić information content (AvgIpc) is 2.73. The van der Waals surface area contributed by atoms with Crippen LogP contribution in [-0.4, -0.2) is 50.7 Å². The largest absolute Gasteiger partial charge is 0.388 e. The first kappa shape index (κ1) is 23.1. The van der Waals surface area contributed by atoms with Gasteiger partial charge in [0.05, 0.1) is 0 Å². The van der Waals surface area contributed by atoms with Gasteiger partial charge in [0.1, 0.15) is 0 Å². The molecule has 29 heavy (non-hydrogen) atoms. The van der Waals surface area contributed by atoms with Gasteiger partial charge < -0.3 is 9.64 Å². The van der Waals surface area contributed by atoms with Gasteiger partial charge in [0.15, 0.2) is 0 Å². The number of likely N-dealkylation sites (N-methyl/N-ethyl adjacent to an activating group) is 1. The fourth-order valence-electron chi connectivity index (χ4n) is 3.85. The van der Waals surface area contributed by atoms with Crippen molar-refractivity contribution >= 4 is 12.2 Å². The molecule has 0 N–H and O–H groups in total. The number of aryl methyl sites for hydroxylation is 1. The molecule has 0 radical (unpaired) electrons. The van der Waals surface area contributed by atoms with E-state index in [2.05, 4.69) is 85.0 Å². The van der Waals surface area contributed by atoms with Crippen molar-refractivity contribution in [1.82, 2.24) is 9.80 Å². The Balaban J connectivity index is 0.000000941. The Morgan fingerprint density at radius 2 is 1.66 bits per heavy atom. The van der Waals surface area contributed by atoms with Crippen LogP contribution in [0.4, 0.5) is 0 Å². The molecule has 1 aliphatic heterocycles. The molecule has 1 saturated heterocycles. The van der Waals surface area contributed by atoms with Crippen LogP contribution in [-0.2, 0) is 11.3 Å². The molecule has 1 unspecified atom stereocenters. The molecular formula is C26H36N2O. The highest BCUT2D eigenvalue weighted by Gasteiger charge is 2.27. The Morgan fingerprint density at radius 1 is 1.00 bits per heavy atom. The Bertz CT molecular complexity index is 810. The summed E-state index contributed by atoms with van der Waals surface area (Å²) in [4.78, 5) is 5.04. The summed E-state index contributed by atoms with van der Waals surface area (Å²) in [6, 6.07) is 13.8. The lowest BCUT2D eigenvalue weighted by atomic mass is 9.95. The topological polar surface area (TPSA) is 15.7 Å². The molecule has 3 heteroatoms. The van der Waals surface area contributed by atoms with Gasteiger partial charge in [-0.3, -0.25) is 4.90 Å². The monoisotopic (exact) mass is 392 g/mol. The summed E-state index contributed by atoms with van der Waals surface area (Å²) in [6.07, 6.45) is 3.92. The van der Waals surface area contributed by atoms with Crippen molar-refractivity contribution in [2.75, 3.05) is 40.9 Å². The SMILES string of the molecule is C=Cc1ccc(C2CN(C)CCN2Cc2ccc(C)c(C)c2C=C)cc1.COC. The molecule has 2 aromatic rings. The van der Waals surface area contributed by atoms with Crippen LogP contribution in [0.25, 0.3) is 12.2 Å². The lowest BCUT2D eigenvalue weighted by Gasteiger charge is -2.40. The quantitative estimate of drug-likeness (QED) is 0.683. The summed E-state index contributed by atoms with van der Waals surface area (Å²) in [5.41, 5.74) is 7.90. The van der Waals surface area contributed by atoms with Crippen LogP contribution in [0, 0.1) is 13.8 Å². The number of piperazine rings is 1. The minimum absolute atomic E-state index is 0.409. The van der Waals surface area contributed by atoms with E-state index in [1.54, 1.807) is 14.2 Å². The molecule has 0 aromatic heterocycles. The van der Waals surface area contributed by atoms with Gasteiger partial charge in [-0.1, -0.05) is 61.7 Å². The number of methoxy groups -OCH3 is 1. The highest BCUT2D eigenvalue weighted by Crippen LogP contribution is 2.29. The highest BCUT2D eigenvalue weighted by molar-refractivity contribution is 5.58. The number of hydrogen-bond donors (Lipinski definition) is 0. The molecular weight excluding hydrogens is 356 g/mol. The second-order valence-electron chi connectivity index (χ2n) is 7.81. The van der Waals surface area contributed by atoms with Crippen molar-refractivity contribution in [3.05, 3.63) is 82.9 Å². The van der Waals surface area contributed by atoms with E-state index in [1.807, 2.05) is 12.2 Å². The van der Waals surface area contributed by atoms with Gasteiger partial charge in [-0.15, -0.1) is 0 Å². The number of ether oxygens (including phenoxy) is 1. The lowest BCUT2D eigenvalue weighted by molar-refractivity contribution is 0.0833. The van der Waals surface area contributed by atoms with Crippen LogP contribution in [0.1, 0.15) is 39.4 Å². The predicted molar refractivity (Wildman–Crippen MR) is 126 cm³/mol. The molecule has 0 saturated carbocycles. The summed E-state index contributed by atoms with van der Waals surface area (Å²) >= 11 is 0. The van der Waals surface area contributed by atoms with Crippen LogP contribution >= 0.6 is 0 Å². The first-order valence-corrected chi connectivity index (χ1v) is 10.2. The molecule has 156 valence electrons. The molecule has 0 spiro atoms. The minimum atomic E-state index is 0.409. The van der Waals surface area contributed by atoms with Crippen molar-refractivity contribution in [1.29, 1.82) is 0 Å². The number of hydrogen-bond acceptors (Lipinski definition) is 3. The molecule has 3 rings (SSSR count). The summed E-state index contributed by atoms with van der Waals surface area (Å²) in [6.45, 7) is 16.5. The fraction of sp³-hybridized carbons (Fsp3) is 0.385. The van der Waals surface area contributed by atoms with Crippen LogP contribution in [0.15, 0.2) is 49.6 Å². The minimum Gasteiger partial charge on any atom is -0.388 e. The van der Waals surface area contributed by atoms with Crippen LogP contribution in [0.3, 0.4) is 0 Å². The van der Waals surface area contributed by atoms with Gasteiger partial charge in [0, 0.05) is 46.4 Å². The molecule has 0 bridgehead atoms. The molecule has 0 amide bonds. The van der Waals surface area contributed by atoms with Crippen molar-refractivity contribution in [3.63, 3.8) is 0 Å². The zero-order valence-electron chi connectivity index (χ0n) is 18.7. The number of benzene rings is 2. The Hall–Kier alpha value is -2.20. The van der Waals surface area contributed by atoms with Crippen LogP contribution in [0.2, 0.25) is 0 Å². The highest BCUT2D eigenvalue weighted by atomic mass is 16.4. The van der Waals surface area contributed by atoms with E-state index < -0.39 is 0 Å². The van der Waals surface area contributed by atoms with Crippen molar-refractivity contribution < 1.29 is 4.74 Å². The van der Waals surface area contributed by atoms with E-state index >= 15 is 0 Å². The third-order valence-corrected chi connectivity index (χ3v) is 5.70. The zero-order valence-corrected chi connectivity index (χ0v) is 18.7. The summed E-state index contributed by atoms with van der Waals surface area (Å²) < 4.78 is 4.25. The standard InChI is InChI=1S/C24H30N2.C2H6O/c1-6-20-9-12-21(13-10-20)24-17-25(5)14-15-26(24)16-22-11-8-18(3)19(4)23(22)7-2;1-3-2/h6-13,24H,1-2,14-17H2,3-5H3;1-2H3. The zero-order chi connectivity index (χ0) is 21.4. The Labute approximate surface area is 177 Å². The smallest absolute Gasteiger partial charge is 0.0479 e. The maximum atomic E-state index is 4.25. The maximum Gasteiger partial charge on any atom is 0.0479 e. The molecule has 1 aliphatic rings. The second kappa shape index (κ2) is 11.1. The first-order chi connectivity index (χ1) is 13.9. The summed E-state index contributed by atoms with van der Waals surface area (Å²) in [5, 5.41) is 0. The Morgan fingerprint density at radius 3 is 2.24 bits per heavy atom. The molecule has 1 atom stereocenters. The third kappa shape index (κ3) is 5.89. The van der Waals surface area contributed by atoms with Gasteiger partial charge in [-0.2, -0.15) is 0 Å². The molecule has 0 aliphatic carbocycles. The maximum absolute atomic E-state index is 4.25.